The molecular weight excluding hydrogens is 238 g/mol. The van der Waals surface area contributed by atoms with Gasteiger partial charge in [-0.15, -0.1) is 0 Å². The van der Waals surface area contributed by atoms with Crippen LogP contribution < -0.4 is 10.1 Å². The summed E-state index contributed by atoms with van der Waals surface area (Å²) in [6.07, 6.45) is 9.78. The molecule has 0 amide bonds. The third-order valence-corrected chi connectivity index (χ3v) is 3.65. The van der Waals surface area contributed by atoms with Crippen molar-refractivity contribution in [2.45, 2.75) is 58.6 Å². The maximum absolute atomic E-state index is 5.95. The quantitative estimate of drug-likeness (QED) is 0.802. The first kappa shape index (κ1) is 14.3. The van der Waals surface area contributed by atoms with E-state index >= 15 is 0 Å². The third kappa shape index (κ3) is 4.78. The highest BCUT2D eigenvalue weighted by molar-refractivity contribution is 5.08. The van der Waals surface area contributed by atoms with Gasteiger partial charge in [0.1, 0.15) is 6.10 Å². The fourth-order valence-electron chi connectivity index (χ4n) is 2.44. The zero-order valence-corrected chi connectivity index (χ0v) is 12.1. The zero-order valence-electron chi connectivity index (χ0n) is 12.1. The Morgan fingerprint density at radius 1 is 1.26 bits per heavy atom. The molecule has 0 atom stereocenters. The van der Waals surface area contributed by atoms with Gasteiger partial charge < -0.3 is 10.1 Å². The fraction of sp³-hybridized carbons (Fsp3) is 0.733. The van der Waals surface area contributed by atoms with E-state index in [0.717, 1.165) is 44.0 Å². The summed E-state index contributed by atoms with van der Waals surface area (Å²) in [6, 6.07) is 0. The van der Waals surface area contributed by atoms with E-state index < -0.39 is 0 Å². The Bertz CT molecular complexity index is 375. The molecule has 0 unspecified atom stereocenters. The van der Waals surface area contributed by atoms with Gasteiger partial charge in [0, 0.05) is 12.7 Å². The van der Waals surface area contributed by atoms with Gasteiger partial charge in [0.2, 0.25) is 5.88 Å². The summed E-state index contributed by atoms with van der Waals surface area (Å²) in [4.78, 5) is 8.73. The Kier molecular flexibility index (Phi) is 5.58. The first-order valence-corrected chi connectivity index (χ1v) is 7.46. The molecule has 19 heavy (non-hydrogen) atoms. The maximum Gasteiger partial charge on any atom is 0.232 e. The van der Waals surface area contributed by atoms with E-state index in [0.29, 0.717) is 12.0 Å². The van der Waals surface area contributed by atoms with Gasteiger partial charge in [0.15, 0.2) is 0 Å². The molecule has 1 N–H and O–H groups in total. The molecule has 0 bridgehead atoms. The standard InChI is InChI=1S/C15H25N3O/c1-3-8-16-9-13-10-17-11-15(18-13)19-14-6-4-12(2)5-7-14/h10-12,14,16H,3-9H2,1-2H3. The van der Waals surface area contributed by atoms with Crippen molar-refractivity contribution < 1.29 is 4.74 Å². The number of nitrogens with zero attached hydrogens (tertiary/aromatic N) is 2. The number of aromatic nitrogens is 2. The molecule has 1 aliphatic rings. The first-order valence-electron chi connectivity index (χ1n) is 7.46. The lowest BCUT2D eigenvalue weighted by Crippen LogP contribution is -2.24. The van der Waals surface area contributed by atoms with Crippen LogP contribution in [0.15, 0.2) is 12.4 Å². The Morgan fingerprint density at radius 3 is 2.79 bits per heavy atom. The van der Waals surface area contributed by atoms with Crippen LogP contribution in [0.3, 0.4) is 0 Å². The summed E-state index contributed by atoms with van der Waals surface area (Å²) in [5, 5.41) is 3.33. The molecule has 1 fully saturated rings. The smallest absolute Gasteiger partial charge is 0.232 e. The molecule has 1 aromatic rings. The van der Waals surface area contributed by atoms with Crippen LogP contribution in [0.1, 0.15) is 51.6 Å². The average Bonchev–Trinajstić information content (AvgIpc) is 2.42. The maximum atomic E-state index is 5.95. The van der Waals surface area contributed by atoms with Crippen molar-refractivity contribution in [2.75, 3.05) is 6.54 Å². The predicted octanol–water partition coefficient (Wildman–Crippen LogP) is 2.93. The Hall–Kier alpha value is -1.16. The zero-order chi connectivity index (χ0) is 13.5. The summed E-state index contributed by atoms with van der Waals surface area (Å²) in [5.41, 5.74) is 0.954. The van der Waals surface area contributed by atoms with E-state index in [2.05, 4.69) is 29.1 Å². The molecule has 0 spiro atoms. The largest absolute Gasteiger partial charge is 0.473 e. The number of hydrogen-bond acceptors (Lipinski definition) is 4. The molecular formula is C15H25N3O. The van der Waals surface area contributed by atoms with Gasteiger partial charge in [-0.05, 0) is 44.6 Å². The van der Waals surface area contributed by atoms with E-state index in [9.17, 15) is 0 Å². The monoisotopic (exact) mass is 263 g/mol. The number of nitrogens with one attached hydrogen (secondary N) is 1. The van der Waals surface area contributed by atoms with Crippen LogP contribution in [-0.2, 0) is 6.54 Å². The van der Waals surface area contributed by atoms with Crippen molar-refractivity contribution >= 4 is 0 Å². The molecule has 4 heteroatoms. The molecule has 0 radical (unpaired) electrons. The van der Waals surface area contributed by atoms with Crippen LogP contribution >= 0.6 is 0 Å². The second kappa shape index (κ2) is 7.43. The second-order valence-corrected chi connectivity index (χ2v) is 5.53. The van der Waals surface area contributed by atoms with Gasteiger partial charge in [-0.2, -0.15) is 0 Å². The van der Waals surface area contributed by atoms with Crippen molar-refractivity contribution in [1.82, 2.24) is 15.3 Å². The van der Waals surface area contributed by atoms with Gasteiger partial charge in [-0.25, -0.2) is 4.98 Å². The molecule has 0 aliphatic heterocycles. The highest BCUT2D eigenvalue weighted by Gasteiger charge is 2.19. The van der Waals surface area contributed by atoms with Gasteiger partial charge in [-0.3, -0.25) is 4.98 Å². The lowest BCUT2D eigenvalue weighted by atomic mass is 9.89. The molecule has 1 heterocycles. The fourth-order valence-corrected chi connectivity index (χ4v) is 2.44. The summed E-state index contributed by atoms with van der Waals surface area (Å²) in [5.74, 6) is 1.52. The molecule has 1 saturated carbocycles. The molecule has 106 valence electrons. The molecule has 0 saturated heterocycles. The minimum atomic E-state index is 0.323. The molecule has 0 aromatic carbocycles. The number of rotatable bonds is 6. The molecule has 2 rings (SSSR count). The van der Waals surface area contributed by atoms with E-state index in [-0.39, 0.29) is 0 Å². The van der Waals surface area contributed by atoms with Crippen molar-refractivity contribution in [3.63, 3.8) is 0 Å². The summed E-state index contributed by atoms with van der Waals surface area (Å²) < 4.78 is 5.95. The van der Waals surface area contributed by atoms with Gasteiger partial charge >= 0.3 is 0 Å². The number of hydrogen-bond donors (Lipinski definition) is 1. The van der Waals surface area contributed by atoms with E-state index in [1.165, 1.54) is 12.8 Å². The van der Waals surface area contributed by atoms with Crippen LogP contribution in [0.25, 0.3) is 0 Å². The van der Waals surface area contributed by atoms with E-state index in [1.54, 1.807) is 12.4 Å². The molecule has 1 aliphatic carbocycles. The predicted molar refractivity (Wildman–Crippen MR) is 76.1 cm³/mol. The topological polar surface area (TPSA) is 47.0 Å². The Morgan fingerprint density at radius 2 is 2.05 bits per heavy atom. The van der Waals surface area contributed by atoms with Crippen LogP contribution in [-0.4, -0.2) is 22.6 Å². The van der Waals surface area contributed by atoms with Gasteiger partial charge in [0.05, 0.1) is 11.9 Å². The first-order chi connectivity index (χ1) is 9.28. The summed E-state index contributed by atoms with van der Waals surface area (Å²) >= 11 is 0. The molecule has 4 nitrogen and oxygen atoms in total. The highest BCUT2D eigenvalue weighted by Crippen LogP contribution is 2.26. The minimum absolute atomic E-state index is 0.323. The van der Waals surface area contributed by atoms with Crippen molar-refractivity contribution in [1.29, 1.82) is 0 Å². The lowest BCUT2D eigenvalue weighted by molar-refractivity contribution is 0.129. The second-order valence-electron chi connectivity index (χ2n) is 5.53. The van der Waals surface area contributed by atoms with Crippen molar-refractivity contribution in [2.24, 2.45) is 5.92 Å². The van der Waals surface area contributed by atoms with E-state index in [1.807, 2.05) is 0 Å². The van der Waals surface area contributed by atoms with Crippen molar-refractivity contribution in [3.05, 3.63) is 18.1 Å². The lowest BCUT2D eigenvalue weighted by Gasteiger charge is -2.26. The Labute approximate surface area is 116 Å². The van der Waals surface area contributed by atoms with Gasteiger partial charge in [-0.1, -0.05) is 13.8 Å². The SMILES string of the molecule is CCCNCc1cncc(OC2CCC(C)CC2)n1. The Balaban J connectivity index is 1.84. The minimum Gasteiger partial charge on any atom is -0.473 e. The summed E-state index contributed by atoms with van der Waals surface area (Å²) in [6.45, 7) is 6.24. The average molecular weight is 263 g/mol. The van der Waals surface area contributed by atoms with Crippen LogP contribution in [0.4, 0.5) is 0 Å². The normalized spacial score (nSPS) is 23.3. The third-order valence-electron chi connectivity index (χ3n) is 3.65. The summed E-state index contributed by atoms with van der Waals surface area (Å²) in [7, 11) is 0. The van der Waals surface area contributed by atoms with Crippen molar-refractivity contribution in [3.8, 4) is 5.88 Å². The van der Waals surface area contributed by atoms with Crippen LogP contribution in [0.2, 0.25) is 0 Å². The highest BCUT2D eigenvalue weighted by atomic mass is 16.5. The van der Waals surface area contributed by atoms with Gasteiger partial charge in [0.25, 0.3) is 0 Å². The number of ether oxygens (including phenoxy) is 1. The van der Waals surface area contributed by atoms with E-state index in [4.69, 9.17) is 4.74 Å². The van der Waals surface area contributed by atoms with Crippen LogP contribution in [0.5, 0.6) is 5.88 Å². The molecule has 1 aromatic heterocycles. The van der Waals surface area contributed by atoms with Crippen LogP contribution in [0, 0.1) is 5.92 Å².